The largest absolute Gasteiger partial charge is 0.447 e. The number of hydrogen-bond donors (Lipinski definition) is 0. The molecular weight excluding hydrogens is 434 g/mol. The summed E-state index contributed by atoms with van der Waals surface area (Å²) in [6.07, 6.45) is -0.199. The number of rotatable bonds is 5. The number of imide groups is 1. The van der Waals surface area contributed by atoms with Gasteiger partial charge in [-0.2, -0.15) is 0 Å². The first-order chi connectivity index (χ1) is 16.0. The van der Waals surface area contributed by atoms with Crippen molar-refractivity contribution in [1.29, 1.82) is 0 Å². The highest BCUT2D eigenvalue weighted by Gasteiger charge is 2.47. The maximum absolute atomic E-state index is 13.9. The van der Waals surface area contributed by atoms with Crippen molar-refractivity contribution in [1.82, 2.24) is 4.90 Å². The molecule has 2 aliphatic rings. The summed E-state index contributed by atoms with van der Waals surface area (Å²) in [7, 11) is 0. The van der Waals surface area contributed by atoms with Crippen LogP contribution < -0.4 is 0 Å². The topological polar surface area (TPSA) is 63.7 Å². The third kappa shape index (κ3) is 3.95. The smallest absolute Gasteiger partial charge is 0.417 e. The van der Waals surface area contributed by atoms with Crippen LogP contribution >= 0.6 is 11.8 Å². The van der Waals surface area contributed by atoms with E-state index in [1.54, 1.807) is 11.8 Å². The average Bonchev–Trinajstić information content (AvgIpc) is 3.19. The summed E-state index contributed by atoms with van der Waals surface area (Å²) in [4.78, 5) is 42.8. The van der Waals surface area contributed by atoms with Crippen LogP contribution in [-0.4, -0.2) is 35.3 Å². The van der Waals surface area contributed by atoms with Gasteiger partial charge < -0.3 is 4.74 Å². The molecule has 3 aromatic carbocycles. The Bertz CT molecular complexity index is 1180. The minimum absolute atomic E-state index is 0.123. The highest BCUT2D eigenvalue weighted by molar-refractivity contribution is 7.99. The summed E-state index contributed by atoms with van der Waals surface area (Å²) in [5.41, 5.74) is 2.87. The normalized spacial score (nSPS) is 18.3. The molecule has 1 saturated heterocycles. The maximum atomic E-state index is 13.9. The summed E-state index contributed by atoms with van der Waals surface area (Å²) in [6, 6.07) is 24.9. The van der Waals surface area contributed by atoms with E-state index >= 15 is 0 Å². The fraction of sp³-hybridized carbons (Fsp3) is 0.222. The molecule has 2 amide bonds. The Kier molecular flexibility index (Phi) is 5.77. The zero-order valence-electron chi connectivity index (χ0n) is 18.1. The number of amides is 2. The van der Waals surface area contributed by atoms with Crippen molar-refractivity contribution in [3.8, 4) is 0 Å². The Labute approximate surface area is 196 Å². The second-order valence-corrected chi connectivity index (χ2v) is 9.46. The molecule has 166 valence electrons. The number of carbonyl (C=O) groups is 3. The van der Waals surface area contributed by atoms with Gasteiger partial charge in [0.15, 0.2) is 0 Å². The number of Topliss-reactive ketones (excluding diaryl/α,β-unsaturated/α-hetero) is 1. The third-order valence-corrected chi connectivity index (χ3v) is 7.46. The second-order valence-electron chi connectivity index (χ2n) is 8.37. The summed E-state index contributed by atoms with van der Waals surface area (Å²) in [5.74, 6) is -2.24. The molecule has 0 radical (unpaired) electrons. The number of nitrogens with zero attached hydrogens (tertiary/aromatic N) is 1. The lowest BCUT2D eigenvalue weighted by Gasteiger charge is -2.34. The van der Waals surface area contributed by atoms with Crippen LogP contribution in [0.4, 0.5) is 4.79 Å². The van der Waals surface area contributed by atoms with Gasteiger partial charge in [-0.25, -0.2) is 9.69 Å². The molecule has 5 nitrogen and oxygen atoms in total. The molecule has 0 N–H and O–H groups in total. The van der Waals surface area contributed by atoms with Crippen molar-refractivity contribution in [3.63, 3.8) is 0 Å². The Morgan fingerprint density at radius 2 is 1.52 bits per heavy atom. The summed E-state index contributed by atoms with van der Waals surface area (Å²) < 4.78 is 5.28. The summed E-state index contributed by atoms with van der Waals surface area (Å²) in [5, 5.41) is 0. The van der Waals surface area contributed by atoms with E-state index in [4.69, 9.17) is 4.74 Å². The van der Waals surface area contributed by atoms with Crippen LogP contribution in [0.5, 0.6) is 0 Å². The standard InChI is InChI=1S/C27H23NO4S/c1-17(29)24(25-20-11-5-7-13-22(20)33-23-14-8-6-12-21(23)25)26(30)28-19(16-32-27(28)31)15-18-9-3-2-4-10-18/h2-14,19,24-25H,15-16H2,1H3/t19-,24-/m0/s1. The number of ketones is 1. The maximum Gasteiger partial charge on any atom is 0.417 e. The summed E-state index contributed by atoms with van der Waals surface area (Å²) >= 11 is 1.63. The number of cyclic esters (lactones) is 1. The Hall–Kier alpha value is -3.38. The lowest BCUT2D eigenvalue weighted by molar-refractivity contribution is -0.139. The minimum Gasteiger partial charge on any atom is -0.447 e. The van der Waals surface area contributed by atoms with Crippen molar-refractivity contribution in [3.05, 3.63) is 95.6 Å². The van der Waals surface area contributed by atoms with Gasteiger partial charge in [-0.3, -0.25) is 9.59 Å². The van der Waals surface area contributed by atoms with Crippen LogP contribution in [0.3, 0.4) is 0 Å². The highest BCUT2D eigenvalue weighted by Crippen LogP contribution is 2.49. The van der Waals surface area contributed by atoms with E-state index in [0.29, 0.717) is 6.42 Å². The van der Waals surface area contributed by atoms with Crippen LogP contribution in [0.1, 0.15) is 29.5 Å². The molecule has 3 aromatic rings. The molecule has 0 aromatic heterocycles. The molecule has 2 atom stereocenters. The molecular formula is C27H23NO4S. The van der Waals surface area contributed by atoms with Crippen LogP contribution in [0.2, 0.25) is 0 Å². The molecule has 0 spiro atoms. The molecule has 0 saturated carbocycles. The molecule has 2 heterocycles. The number of ether oxygens (including phenoxy) is 1. The quantitative estimate of drug-likeness (QED) is 0.500. The fourth-order valence-corrected chi connectivity index (χ4v) is 5.93. The molecule has 0 bridgehead atoms. The zero-order chi connectivity index (χ0) is 22.9. The number of benzene rings is 3. The highest BCUT2D eigenvalue weighted by atomic mass is 32.2. The first kappa shape index (κ1) is 21.5. The van der Waals surface area contributed by atoms with E-state index in [9.17, 15) is 14.4 Å². The van der Waals surface area contributed by atoms with Crippen molar-refractivity contribution < 1.29 is 19.1 Å². The monoisotopic (exact) mass is 457 g/mol. The van der Waals surface area contributed by atoms with Gasteiger partial charge in [-0.15, -0.1) is 0 Å². The van der Waals surface area contributed by atoms with Gasteiger partial charge in [0.1, 0.15) is 18.3 Å². The van der Waals surface area contributed by atoms with Crippen LogP contribution in [0, 0.1) is 5.92 Å². The van der Waals surface area contributed by atoms with Crippen molar-refractivity contribution in [2.45, 2.75) is 35.1 Å². The van der Waals surface area contributed by atoms with Crippen molar-refractivity contribution in [2.75, 3.05) is 6.61 Å². The number of hydrogen-bond acceptors (Lipinski definition) is 5. The van der Waals surface area contributed by atoms with E-state index in [0.717, 1.165) is 26.5 Å². The SMILES string of the molecule is CC(=O)[C@H](C(=O)N1C(=O)OC[C@@H]1Cc1ccccc1)C1c2ccccc2Sc2ccccc21. The molecule has 5 rings (SSSR count). The zero-order valence-corrected chi connectivity index (χ0v) is 19.0. The molecule has 33 heavy (non-hydrogen) atoms. The second kappa shape index (κ2) is 8.87. The van der Waals surface area contributed by atoms with Gasteiger partial charge >= 0.3 is 6.09 Å². The third-order valence-electron chi connectivity index (χ3n) is 6.28. The Morgan fingerprint density at radius 1 is 0.939 bits per heavy atom. The van der Waals surface area contributed by atoms with Gasteiger partial charge in [0, 0.05) is 15.7 Å². The number of carbonyl (C=O) groups excluding carboxylic acids is 3. The van der Waals surface area contributed by atoms with Crippen molar-refractivity contribution >= 4 is 29.5 Å². The van der Waals surface area contributed by atoms with E-state index < -0.39 is 29.9 Å². The van der Waals surface area contributed by atoms with E-state index in [-0.39, 0.29) is 12.4 Å². The van der Waals surface area contributed by atoms with Gasteiger partial charge in [-0.1, -0.05) is 78.5 Å². The summed E-state index contributed by atoms with van der Waals surface area (Å²) in [6.45, 7) is 1.56. The molecule has 6 heteroatoms. The average molecular weight is 458 g/mol. The van der Waals surface area contributed by atoms with Gasteiger partial charge in [-0.05, 0) is 42.2 Å². The molecule has 0 aliphatic carbocycles. The lowest BCUT2D eigenvalue weighted by atomic mass is 9.77. The van der Waals surface area contributed by atoms with Crippen LogP contribution in [0.15, 0.2) is 88.7 Å². The molecule has 2 aliphatic heterocycles. The minimum atomic E-state index is -1.02. The first-order valence-corrected chi connectivity index (χ1v) is 11.8. The van der Waals surface area contributed by atoms with E-state index in [1.807, 2.05) is 78.9 Å². The first-order valence-electron chi connectivity index (χ1n) is 10.9. The van der Waals surface area contributed by atoms with Gasteiger partial charge in [0.25, 0.3) is 0 Å². The van der Waals surface area contributed by atoms with Gasteiger partial charge in [0.2, 0.25) is 5.91 Å². The van der Waals surface area contributed by atoms with E-state index in [1.165, 1.54) is 11.8 Å². The Morgan fingerprint density at radius 3 is 2.12 bits per heavy atom. The van der Waals surface area contributed by atoms with Crippen LogP contribution in [-0.2, 0) is 20.7 Å². The fourth-order valence-electron chi connectivity index (χ4n) is 4.77. The molecule has 1 fully saturated rings. The Balaban J connectivity index is 1.55. The predicted molar refractivity (Wildman–Crippen MR) is 125 cm³/mol. The lowest BCUT2D eigenvalue weighted by Crippen LogP contribution is -2.47. The van der Waals surface area contributed by atoms with Gasteiger partial charge in [0.05, 0.1) is 6.04 Å². The predicted octanol–water partition coefficient (Wildman–Crippen LogP) is 5.08. The van der Waals surface area contributed by atoms with Crippen LogP contribution in [0.25, 0.3) is 0 Å². The van der Waals surface area contributed by atoms with Crippen molar-refractivity contribution in [2.24, 2.45) is 5.92 Å². The van der Waals surface area contributed by atoms with E-state index in [2.05, 4.69) is 0 Å². The number of fused-ring (bicyclic) bond motifs is 2. The molecule has 0 unspecified atom stereocenters.